The molecular weight excluding hydrogens is 255 g/mol. The molecule has 1 aromatic carbocycles. The van der Waals surface area contributed by atoms with Crippen LogP contribution >= 0.6 is 0 Å². The Hall–Kier alpha value is -1.40. The van der Waals surface area contributed by atoms with Crippen LogP contribution in [-0.2, 0) is 10.0 Å². The van der Waals surface area contributed by atoms with E-state index in [0.29, 0.717) is 12.8 Å². The number of halogens is 1. The van der Waals surface area contributed by atoms with E-state index in [4.69, 9.17) is 5.73 Å². The van der Waals surface area contributed by atoms with Crippen molar-refractivity contribution in [1.82, 2.24) is 4.72 Å². The Morgan fingerprint density at radius 1 is 1.33 bits per heavy atom. The number of nitrogens with two attached hydrogens (primary N) is 1. The molecule has 1 aromatic rings. The first-order chi connectivity index (χ1) is 8.40. The highest BCUT2D eigenvalue weighted by Crippen LogP contribution is 2.23. The van der Waals surface area contributed by atoms with E-state index >= 15 is 0 Å². The van der Waals surface area contributed by atoms with Crippen molar-refractivity contribution in [1.29, 1.82) is 0 Å². The van der Waals surface area contributed by atoms with Gasteiger partial charge in [0.05, 0.1) is 4.90 Å². The largest absolute Gasteiger partial charge is 0.399 e. The van der Waals surface area contributed by atoms with Crippen LogP contribution in [0.5, 0.6) is 0 Å². The molecule has 0 atom stereocenters. The number of nitrogen functional groups attached to an aromatic ring is 1. The molecule has 0 spiro atoms. The maximum absolute atomic E-state index is 13.5. The minimum Gasteiger partial charge on any atom is -0.399 e. The van der Waals surface area contributed by atoms with Gasteiger partial charge in [-0.05, 0) is 31.9 Å². The molecule has 0 saturated heterocycles. The molecule has 0 amide bonds. The summed E-state index contributed by atoms with van der Waals surface area (Å²) in [6.07, 6.45) is 5.14. The highest BCUT2D eigenvalue weighted by atomic mass is 32.2. The zero-order valence-electron chi connectivity index (χ0n) is 9.98. The maximum atomic E-state index is 13.5. The predicted molar refractivity (Wildman–Crippen MR) is 68.0 cm³/mol. The van der Waals surface area contributed by atoms with Crippen LogP contribution in [-0.4, -0.2) is 14.5 Å². The van der Waals surface area contributed by atoms with Gasteiger partial charge in [0, 0.05) is 17.3 Å². The van der Waals surface area contributed by atoms with Crippen LogP contribution in [0.1, 0.15) is 18.4 Å². The molecule has 1 aliphatic rings. The molecule has 6 heteroatoms. The van der Waals surface area contributed by atoms with E-state index < -0.39 is 15.8 Å². The van der Waals surface area contributed by atoms with Gasteiger partial charge in [-0.1, -0.05) is 12.2 Å². The Labute approximate surface area is 106 Å². The summed E-state index contributed by atoms with van der Waals surface area (Å²) in [4.78, 5) is -0.0908. The second-order valence-corrected chi connectivity index (χ2v) is 6.07. The fourth-order valence-corrected chi connectivity index (χ4v) is 3.50. The summed E-state index contributed by atoms with van der Waals surface area (Å²) < 4.78 is 40.4. The molecule has 0 unspecified atom stereocenters. The van der Waals surface area contributed by atoms with Crippen molar-refractivity contribution in [3.8, 4) is 0 Å². The van der Waals surface area contributed by atoms with Gasteiger partial charge in [0.15, 0.2) is 0 Å². The van der Waals surface area contributed by atoms with E-state index in [1.54, 1.807) is 0 Å². The molecule has 98 valence electrons. The second-order valence-electron chi connectivity index (χ2n) is 4.39. The van der Waals surface area contributed by atoms with Crippen molar-refractivity contribution in [2.75, 3.05) is 5.73 Å². The van der Waals surface area contributed by atoms with Crippen molar-refractivity contribution in [3.05, 3.63) is 35.7 Å². The molecule has 4 nitrogen and oxygen atoms in total. The van der Waals surface area contributed by atoms with E-state index in [9.17, 15) is 12.8 Å². The lowest BCUT2D eigenvalue weighted by Gasteiger charge is -2.15. The lowest BCUT2D eigenvalue weighted by atomic mass is 10.2. The molecule has 0 heterocycles. The summed E-state index contributed by atoms with van der Waals surface area (Å²) in [5.41, 5.74) is 5.67. The smallest absolute Gasteiger partial charge is 0.241 e. The lowest BCUT2D eigenvalue weighted by molar-refractivity contribution is 0.553. The van der Waals surface area contributed by atoms with Crippen LogP contribution in [0.4, 0.5) is 10.1 Å². The van der Waals surface area contributed by atoms with Gasteiger partial charge in [0.25, 0.3) is 0 Å². The van der Waals surface area contributed by atoms with Crippen molar-refractivity contribution in [2.45, 2.75) is 30.7 Å². The van der Waals surface area contributed by atoms with E-state index in [2.05, 4.69) is 4.72 Å². The first-order valence-electron chi connectivity index (χ1n) is 5.63. The molecule has 0 fully saturated rings. The minimum absolute atomic E-state index is 0.0858. The Kier molecular flexibility index (Phi) is 3.41. The number of benzene rings is 1. The predicted octanol–water partition coefficient (Wildman–Crippen LogP) is 1.71. The third-order valence-electron chi connectivity index (χ3n) is 2.94. The standard InChI is InChI=1S/C12H15FN2O2S/c1-8-11(13)6-9(14)7-12(8)18(16,17)15-10-4-2-3-5-10/h2-3,6-7,10,15H,4-5,14H2,1H3. The minimum atomic E-state index is -3.73. The topological polar surface area (TPSA) is 72.2 Å². The van der Waals surface area contributed by atoms with Crippen molar-refractivity contribution < 1.29 is 12.8 Å². The lowest BCUT2D eigenvalue weighted by Crippen LogP contribution is -2.33. The first kappa shape index (κ1) is 13.0. The number of sulfonamides is 1. The average Bonchev–Trinajstić information content (AvgIpc) is 2.75. The third-order valence-corrected chi connectivity index (χ3v) is 4.58. The fraction of sp³-hybridized carbons (Fsp3) is 0.333. The Bertz CT molecular complexity index is 588. The van der Waals surface area contributed by atoms with Crippen LogP contribution in [0, 0.1) is 12.7 Å². The van der Waals surface area contributed by atoms with Gasteiger partial charge < -0.3 is 5.73 Å². The highest BCUT2D eigenvalue weighted by Gasteiger charge is 2.23. The molecule has 18 heavy (non-hydrogen) atoms. The van der Waals surface area contributed by atoms with E-state index in [1.165, 1.54) is 13.0 Å². The van der Waals surface area contributed by atoms with Crippen molar-refractivity contribution in [3.63, 3.8) is 0 Å². The van der Waals surface area contributed by atoms with Crippen LogP contribution in [0.15, 0.2) is 29.2 Å². The number of hydrogen-bond donors (Lipinski definition) is 2. The normalized spacial score (nSPS) is 16.3. The van der Waals surface area contributed by atoms with Crippen LogP contribution in [0.3, 0.4) is 0 Å². The first-order valence-corrected chi connectivity index (χ1v) is 7.11. The molecule has 0 radical (unpaired) electrons. The second kappa shape index (κ2) is 4.70. The van der Waals surface area contributed by atoms with Gasteiger partial charge in [-0.2, -0.15) is 0 Å². The molecule has 2 rings (SSSR count). The molecule has 0 aromatic heterocycles. The quantitative estimate of drug-likeness (QED) is 0.649. The monoisotopic (exact) mass is 270 g/mol. The summed E-state index contributed by atoms with van der Waals surface area (Å²) in [5.74, 6) is -0.611. The van der Waals surface area contributed by atoms with Gasteiger partial charge in [0.1, 0.15) is 5.82 Å². The van der Waals surface area contributed by atoms with Gasteiger partial charge in [0.2, 0.25) is 10.0 Å². The van der Waals surface area contributed by atoms with Gasteiger partial charge >= 0.3 is 0 Å². The van der Waals surface area contributed by atoms with Gasteiger partial charge in [-0.25, -0.2) is 17.5 Å². The maximum Gasteiger partial charge on any atom is 0.241 e. The SMILES string of the molecule is Cc1c(F)cc(N)cc1S(=O)(=O)NC1CC=CC1. The summed E-state index contributed by atoms with van der Waals surface area (Å²) in [7, 11) is -3.73. The molecule has 0 bridgehead atoms. The number of anilines is 1. The van der Waals surface area contributed by atoms with E-state index in [-0.39, 0.29) is 22.2 Å². The number of rotatable bonds is 3. The van der Waals surface area contributed by atoms with Crippen LogP contribution in [0.2, 0.25) is 0 Å². The Morgan fingerprint density at radius 3 is 2.56 bits per heavy atom. The van der Waals surface area contributed by atoms with Crippen molar-refractivity contribution in [2.24, 2.45) is 0 Å². The van der Waals surface area contributed by atoms with E-state index in [1.807, 2.05) is 12.2 Å². The van der Waals surface area contributed by atoms with Crippen LogP contribution in [0.25, 0.3) is 0 Å². The molecule has 0 aliphatic heterocycles. The number of hydrogen-bond acceptors (Lipinski definition) is 3. The Balaban J connectivity index is 2.34. The highest BCUT2D eigenvalue weighted by molar-refractivity contribution is 7.89. The summed E-state index contributed by atoms with van der Waals surface area (Å²) in [6, 6.07) is 2.24. The summed E-state index contributed by atoms with van der Waals surface area (Å²) in [6.45, 7) is 1.43. The Morgan fingerprint density at radius 2 is 1.94 bits per heavy atom. The molecule has 1 aliphatic carbocycles. The van der Waals surface area contributed by atoms with Crippen molar-refractivity contribution >= 4 is 15.7 Å². The van der Waals surface area contributed by atoms with E-state index in [0.717, 1.165) is 6.07 Å². The molecule has 3 N–H and O–H groups in total. The summed E-state index contributed by atoms with van der Waals surface area (Å²) >= 11 is 0. The zero-order chi connectivity index (χ0) is 13.3. The third kappa shape index (κ3) is 2.54. The molecule has 0 saturated carbocycles. The van der Waals surface area contributed by atoms with Gasteiger partial charge in [-0.3, -0.25) is 0 Å². The average molecular weight is 270 g/mol. The molecular formula is C12H15FN2O2S. The van der Waals surface area contributed by atoms with Crippen LogP contribution < -0.4 is 10.5 Å². The summed E-state index contributed by atoms with van der Waals surface area (Å²) in [5, 5.41) is 0. The van der Waals surface area contributed by atoms with Gasteiger partial charge in [-0.15, -0.1) is 0 Å². The zero-order valence-corrected chi connectivity index (χ0v) is 10.8. The fourth-order valence-electron chi connectivity index (χ4n) is 1.95. The number of nitrogens with one attached hydrogen (secondary N) is 1.